The highest BCUT2D eigenvalue weighted by molar-refractivity contribution is 5.66. The van der Waals surface area contributed by atoms with Gasteiger partial charge >= 0.3 is 12.0 Å². The van der Waals surface area contributed by atoms with E-state index in [4.69, 9.17) is 9.84 Å². The number of carboxylic acids is 1. The predicted molar refractivity (Wildman–Crippen MR) is 88.9 cm³/mol. The van der Waals surface area contributed by atoms with Crippen molar-refractivity contribution in [3.63, 3.8) is 0 Å². The van der Waals surface area contributed by atoms with Gasteiger partial charge in [-0.1, -0.05) is 0 Å². The lowest BCUT2D eigenvalue weighted by molar-refractivity contribution is -0.137. The Morgan fingerprint density at radius 3 is 2.64 bits per heavy atom. The minimum Gasteiger partial charge on any atom is -0.481 e. The van der Waals surface area contributed by atoms with Gasteiger partial charge in [0.2, 0.25) is 0 Å². The first kappa shape index (κ1) is 18.0. The highest BCUT2D eigenvalue weighted by atomic mass is 19.1. The van der Waals surface area contributed by atoms with Crippen molar-refractivity contribution in [1.29, 1.82) is 0 Å². The number of hydrogen-bond acceptors (Lipinski definition) is 6. The van der Waals surface area contributed by atoms with E-state index in [1.54, 1.807) is 0 Å². The van der Waals surface area contributed by atoms with E-state index >= 15 is 0 Å². The first-order valence-electron chi connectivity index (χ1n) is 8.83. The van der Waals surface area contributed by atoms with Crippen LogP contribution >= 0.6 is 0 Å². The lowest BCUT2D eigenvalue weighted by atomic mass is 9.79. The molecule has 1 aromatic heterocycles. The molecule has 2 aliphatic rings. The number of likely N-dealkylation sites (tertiary alicyclic amines) is 1. The summed E-state index contributed by atoms with van der Waals surface area (Å²) in [4.78, 5) is 20.7. The van der Waals surface area contributed by atoms with E-state index in [2.05, 4.69) is 20.2 Å². The van der Waals surface area contributed by atoms with E-state index in [1.165, 1.54) is 12.8 Å². The molecule has 25 heavy (non-hydrogen) atoms. The summed E-state index contributed by atoms with van der Waals surface area (Å²) in [5.74, 6) is -1.24. The minimum absolute atomic E-state index is 0.0277. The number of halogens is 1. The monoisotopic (exact) mass is 352 g/mol. The number of nitrogens with one attached hydrogen (secondary N) is 1. The Balaban J connectivity index is 1.54. The topological polar surface area (TPSA) is 87.6 Å². The Kier molecular flexibility index (Phi) is 5.80. The summed E-state index contributed by atoms with van der Waals surface area (Å²) in [6.45, 7) is 3.64. The van der Waals surface area contributed by atoms with Gasteiger partial charge in [0.15, 0.2) is 5.82 Å². The standard InChI is InChI=1S/C17H25FN4O3/c18-13-9-19-16(20-10-13)25-12-17(11-21-14-1-2-14)4-7-22(8-5-17)6-3-15(23)24/h9-10,14,21H,1-8,11-12H2,(H,23,24). The molecule has 7 nitrogen and oxygen atoms in total. The quantitative estimate of drug-likeness (QED) is 0.693. The summed E-state index contributed by atoms with van der Waals surface area (Å²) in [6, 6.07) is 0.810. The van der Waals surface area contributed by atoms with Crippen molar-refractivity contribution in [1.82, 2.24) is 20.2 Å². The molecule has 0 spiro atoms. The normalized spacial score (nSPS) is 20.4. The molecule has 1 aliphatic heterocycles. The van der Waals surface area contributed by atoms with Crippen LogP contribution in [0.4, 0.5) is 4.39 Å². The van der Waals surface area contributed by atoms with Gasteiger partial charge in [0, 0.05) is 24.5 Å². The average molecular weight is 352 g/mol. The number of aliphatic carboxylic acids is 1. The summed E-state index contributed by atoms with van der Waals surface area (Å²) in [5, 5.41) is 12.4. The van der Waals surface area contributed by atoms with E-state index < -0.39 is 11.8 Å². The Bertz CT molecular complexity index is 572. The van der Waals surface area contributed by atoms with Crippen LogP contribution in [-0.2, 0) is 4.79 Å². The molecule has 1 aromatic rings. The maximum Gasteiger partial charge on any atom is 0.316 e. The zero-order valence-electron chi connectivity index (χ0n) is 14.3. The molecule has 0 unspecified atom stereocenters. The zero-order valence-corrected chi connectivity index (χ0v) is 14.3. The number of carboxylic acid groups (broad SMARTS) is 1. The molecule has 8 heteroatoms. The number of piperidine rings is 1. The number of hydrogen-bond donors (Lipinski definition) is 2. The third kappa shape index (κ3) is 5.61. The van der Waals surface area contributed by atoms with Gasteiger partial charge in [-0.25, -0.2) is 14.4 Å². The Morgan fingerprint density at radius 2 is 2.04 bits per heavy atom. The number of carbonyl (C=O) groups is 1. The number of rotatable bonds is 9. The average Bonchev–Trinajstić information content (AvgIpc) is 3.43. The molecular weight excluding hydrogens is 327 g/mol. The summed E-state index contributed by atoms with van der Waals surface area (Å²) in [5.41, 5.74) is -0.0277. The Labute approximate surface area is 146 Å². The second-order valence-corrected chi connectivity index (χ2v) is 7.11. The van der Waals surface area contributed by atoms with E-state index in [0.717, 1.165) is 44.9 Å². The van der Waals surface area contributed by atoms with Crippen LogP contribution in [0.5, 0.6) is 6.01 Å². The number of aromatic nitrogens is 2. The lowest BCUT2D eigenvalue weighted by Crippen LogP contribution is -2.49. The fraction of sp³-hybridized carbons (Fsp3) is 0.706. The van der Waals surface area contributed by atoms with Crippen LogP contribution < -0.4 is 10.1 Å². The summed E-state index contributed by atoms with van der Waals surface area (Å²) < 4.78 is 18.7. The van der Waals surface area contributed by atoms with Gasteiger partial charge in [0.25, 0.3) is 0 Å². The molecule has 0 bridgehead atoms. The van der Waals surface area contributed by atoms with Crippen molar-refractivity contribution < 1.29 is 19.0 Å². The Hall–Kier alpha value is -1.80. The molecule has 1 saturated heterocycles. The van der Waals surface area contributed by atoms with Crippen molar-refractivity contribution in [2.75, 3.05) is 32.8 Å². The van der Waals surface area contributed by atoms with E-state index in [9.17, 15) is 9.18 Å². The molecule has 138 valence electrons. The largest absolute Gasteiger partial charge is 0.481 e. The second-order valence-electron chi connectivity index (χ2n) is 7.11. The van der Waals surface area contributed by atoms with Crippen LogP contribution in [0, 0.1) is 11.2 Å². The number of nitrogens with zero attached hydrogens (tertiary/aromatic N) is 3. The van der Waals surface area contributed by atoms with Gasteiger partial charge in [-0.05, 0) is 38.8 Å². The van der Waals surface area contributed by atoms with Crippen molar-refractivity contribution in [2.24, 2.45) is 5.41 Å². The molecule has 2 N–H and O–H groups in total. The minimum atomic E-state index is -0.760. The van der Waals surface area contributed by atoms with Crippen LogP contribution in [0.1, 0.15) is 32.1 Å². The van der Waals surface area contributed by atoms with Crippen molar-refractivity contribution >= 4 is 5.97 Å². The van der Waals surface area contributed by atoms with E-state index in [-0.39, 0.29) is 17.8 Å². The smallest absolute Gasteiger partial charge is 0.316 e. The maximum atomic E-state index is 12.9. The lowest BCUT2D eigenvalue weighted by Gasteiger charge is -2.41. The van der Waals surface area contributed by atoms with Crippen LogP contribution in [0.15, 0.2) is 12.4 Å². The molecule has 0 atom stereocenters. The van der Waals surface area contributed by atoms with E-state index in [0.29, 0.717) is 19.2 Å². The van der Waals surface area contributed by atoms with Crippen LogP contribution in [0.3, 0.4) is 0 Å². The van der Waals surface area contributed by atoms with Gasteiger partial charge in [0.1, 0.15) is 0 Å². The second kappa shape index (κ2) is 8.05. The molecule has 0 aromatic carbocycles. The van der Waals surface area contributed by atoms with Gasteiger partial charge < -0.3 is 20.1 Å². The summed E-state index contributed by atoms with van der Waals surface area (Å²) in [6.07, 6.45) is 6.68. The maximum absolute atomic E-state index is 12.9. The molecular formula is C17H25FN4O3. The fourth-order valence-electron chi connectivity index (χ4n) is 3.12. The number of ether oxygens (including phenoxy) is 1. The van der Waals surface area contributed by atoms with E-state index in [1.807, 2.05) is 0 Å². The van der Waals surface area contributed by atoms with Crippen LogP contribution in [0.2, 0.25) is 0 Å². The van der Waals surface area contributed by atoms with Crippen LogP contribution in [-0.4, -0.2) is 64.8 Å². The van der Waals surface area contributed by atoms with Gasteiger partial charge in [0.05, 0.1) is 25.4 Å². The third-order valence-corrected chi connectivity index (χ3v) is 5.01. The molecule has 2 fully saturated rings. The highest BCUT2D eigenvalue weighted by Gasteiger charge is 2.37. The molecule has 1 saturated carbocycles. The fourth-order valence-corrected chi connectivity index (χ4v) is 3.12. The molecule has 0 radical (unpaired) electrons. The zero-order chi connectivity index (χ0) is 17.7. The van der Waals surface area contributed by atoms with Gasteiger partial charge in [-0.2, -0.15) is 0 Å². The summed E-state index contributed by atoms with van der Waals surface area (Å²) >= 11 is 0. The van der Waals surface area contributed by atoms with Gasteiger partial charge in [-0.15, -0.1) is 0 Å². The van der Waals surface area contributed by atoms with Crippen molar-refractivity contribution in [2.45, 2.75) is 38.1 Å². The van der Waals surface area contributed by atoms with Gasteiger partial charge in [-0.3, -0.25) is 4.79 Å². The highest BCUT2D eigenvalue weighted by Crippen LogP contribution is 2.33. The molecule has 0 amide bonds. The molecule has 1 aliphatic carbocycles. The van der Waals surface area contributed by atoms with Crippen molar-refractivity contribution in [3.8, 4) is 6.01 Å². The molecule has 2 heterocycles. The first-order chi connectivity index (χ1) is 12.0. The van der Waals surface area contributed by atoms with Crippen molar-refractivity contribution in [3.05, 3.63) is 18.2 Å². The first-order valence-corrected chi connectivity index (χ1v) is 8.83. The predicted octanol–water partition coefficient (Wildman–Crippen LogP) is 1.30. The summed E-state index contributed by atoms with van der Waals surface area (Å²) in [7, 11) is 0. The Morgan fingerprint density at radius 1 is 1.36 bits per heavy atom. The molecule has 3 rings (SSSR count). The van der Waals surface area contributed by atoms with Crippen LogP contribution in [0.25, 0.3) is 0 Å². The third-order valence-electron chi connectivity index (χ3n) is 5.01. The SMILES string of the molecule is O=C(O)CCN1CCC(CNC2CC2)(COc2ncc(F)cn2)CC1.